The molecule has 4 heterocycles. The summed E-state index contributed by atoms with van der Waals surface area (Å²) in [5, 5.41) is 0.829. The van der Waals surface area contributed by atoms with E-state index in [9.17, 15) is 4.79 Å². The van der Waals surface area contributed by atoms with Gasteiger partial charge in [0.15, 0.2) is 5.76 Å². The van der Waals surface area contributed by atoms with Crippen molar-refractivity contribution in [1.29, 1.82) is 0 Å². The molecule has 5 rings (SSSR count). The summed E-state index contributed by atoms with van der Waals surface area (Å²) in [6, 6.07) is 9.59. The molecule has 8 heteroatoms. The zero-order valence-corrected chi connectivity index (χ0v) is 20.8. The molecular weight excluding hydrogens is 446 g/mol. The number of carbonyl (C=O) groups excluding carboxylic acids is 1. The standard InChI is InChI=1S/C27H31N3O5/c1-17-8-9-25-28-21(15-29(25)14-17)24-13-20-22(11-19(32-5)12-23(20)34-24)33-16-18-7-6-10-30(18)26(31)35-27(2,3)4/h8-9,11-15,18H,6-7,10,16H2,1-5H3. The second-order valence-corrected chi connectivity index (χ2v) is 10.0. The number of aromatic nitrogens is 2. The fourth-order valence-corrected chi connectivity index (χ4v) is 4.42. The number of methoxy groups -OCH3 is 1. The van der Waals surface area contributed by atoms with E-state index in [1.165, 1.54) is 0 Å². The average molecular weight is 478 g/mol. The first-order valence-corrected chi connectivity index (χ1v) is 11.9. The minimum Gasteiger partial charge on any atom is -0.496 e. The van der Waals surface area contributed by atoms with Crippen molar-refractivity contribution in [2.45, 2.75) is 52.2 Å². The van der Waals surface area contributed by atoms with Gasteiger partial charge in [-0.1, -0.05) is 6.07 Å². The fraction of sp³-hybridized carbons (Fsp3) is 0.407. The molecule has 184 valence electrons. The first kappa shape index (κ1) is 23.1. The Bertz CT molecular complexity index is 1380. The summed E-state index contributed by atoms with van der Waals surface area (Å²) in [5.41, 5.74) is 2.86. The van der Waals surface area contributed by atoms with Gasteiger partial charge in [-0.25, -0.2) is 9.78 Å². The Morgan fingerprint density at radius 2 is 2.03 bits per heavy atom. The number of hydrogen-bond acceptors (Lipinski definition) is 6. The zero-order chi connectivity index (χ0) is 24.7. The van der Waals surface area contributed by atoms with Crippen LogP contribution in [-0.2, 0) is 4.74 Å². The van der Waals surface area contributed by atoms with E-state index in [2.05, 4.69) is 0 Å². The Hall–Kier alpha value is -3.68. The quantitative estimate of drug-likeness (QED) is 0.359. The second-order valence-electron chi connectivity index (χ2n) is 10.0. The van der Waals surface area contributed by atoms with Crippen LogP contribution in [-0.4, -0.2) is 52.3 Å². The largest absolute Gasteiger partial charge is 0.496 e. The molecule has 0 aliphatic carbocycles. The summed E-state index contributed by atoms with van der Waals surface area (Å²) in [4.78, 5) is 19.1. The van der Waals surface area contributed by atoms with Crippen LogP contribution in [0.25, 0.3) is 28.1 Å². The molecule has 8 nitrogen and oxygen atoms in total. The highest BCUT2D eigenvalue weighted by Crippen LogP contribution is 2.37. The number of amides is 1. The molecule has 0 saturated carbocycles. The SMILES string of the molecule is COc1cc(OCC2CCCN2C(=O)OC(C)(C)C)c2cc(-c3cn4cc(C)ccc4n3)oc2c1. The number of aryl methyl sites for hydroxylation is 1. The molecule has 3 aromatic heterocycles. The molecule has 0 radical (unpaired) electrons. The molecule has 35 heavy (non-hydrogen) atoms. The van der Waals surface area contributed by atoms with Crippen molar-refractivity contribution in [1.82, 2.24) is 14.3 Å². The highest BCUT2D eigenvalue weighted by atomic mass is 16.6. The Kier molecular flexibility index (Phi) is 5.83. The van der Waals surface area contributed by atoms with Gasteiger partial charge in [-0.2, -0.15) is 0 Å². The van der Waals surface area contributed by atoms with Crippen molar-refractivity contribution in [3.05, 3.63) is 48.3 Å². The maximum absolute atomic E-state index is 12.7. The molecule has 4 aromatic rings. The number of pyridine rings is 1. The van der Waals surface area contributed by atoms with Gasteiger partial charge in [0.1, 0.15) is 40.6 Å². The Labute approximate surface area is 204 Å². The summed E-state index contributed by atoms with van der Waals surface area (Å²) >= 11 is 0. The predicted octanol–water partition coefficient (Wildman–Crippen LogP) is 5.84. The van der Waals surface area contributed by atoms with Crippen LogP contribution >= 0.6 is 0 Å². The van der Waals surface area contributed by atoms with Gasteiger partial charge < -0.3 is 27.9 Å². The van der Waals surface area contributed by atoms with Crippen LogP contribution < -0.4 is 9.47 Å². The molecule has 1 fully saturated rings. The molecule has 1 aromatic carbocycles. The van der Waals surface area contributed by atoms with Gasteiger partial charge in [-0.15, -0.1) is 0 Å². The van der Waals surface area contributed by atoms with Crippen LogP contribution in [0.2, 0.25) is 0 Å². The molecular formula is C27H31N3O5. The van der Waals surface area contributed by atoms with Gasteiger partial charge >= 0.3 is 6.09 Å². The number of carbonyl (C=O) groups is 1. The van der Waals surface area contributed by atoms with Crippen LogP contribution in [0.4, 0.5) is 4.79 Å². The lowest BCUT2D eigenvalue weighted by Crippen LogP contribution is -2.42. The van der Waals surface area contributed by atoms with E-state index in [0.29, 0.717) is 36.0 Å². The van der Waals surface area contributed by atoms with Crippen molar-refractivity contribution in [3.8, 4) is 23.0 Å². The molecule has 1 unspecified atom stereocenters. The molecule has 0 spiro atoms. The number of hydrogen-bond donors (Lipinski definition) is 0. The van der Waals surface area contributed by atoms with E-state index < -0.39 is 5.60 Å². The minimum atomic E-state index is -0.534. The molecule has 1 amide bonds. The van der Waals surface area contributed by atoms with Crippen LogP contribution in [0.3, 0.4) is 0 Å². The van der Waals surface area contributed by atoms with Gasteiger partial charge in [0.2, 0.25) is 0 Å². The summed E-state index contributed by atoms with van der Waals surface area (Å²) < 4.78 is 25.5. The molecule has 0 bridgehead atoms. The summed E-state index contributed by atoms with van der Waals surface area (Å²) in [6.07, 6.45) is 5.47. The van der Waals surface area contributed by atoms with Gasteiger partial charge in [-0.05, 0) is 58.2 Å². The molecule has 0 N–H and O–H groups in total. The summed E-state index contributed by atoms with van der Waals surface area (Å²) in [5.74, 6) is 1.93. The summed E-state index contributed by atoms with van der Waals surface area (Å²) in [6.45, 7) is 8.69. The Morgan fingerprint density at radius 3 is 2.80 bits per heavy atom. The monoisotopic (exact) mass is 477 g/mol. The number of likely N-dealkylation sites (tertiary alicyclic amines) is 1. The third kappa shape index (κ3) is 4.78. The summed E-state index contributed by atoms with van der Waals surface area (Å²) in [7, 11) is 1.61. The van der Waals surface area contributed by atoms with Crippen molar-refractivity contribution in [3.63, 3.8) is 0 Å². The number of ether oxygens (including phenoxy) is 3. The lowest BCUT2D eigenvalue weighted by atomic mass is 10.2. The predicted molar refractivity (Wildman–Crippen MR) is 133 cm³/mol. The van der Waals surface area contributed by atoms with E-state index in [4.69, 9.17) is 23.6 Å². The third-order valence-corrected chi connectivity index (χ3v) is 6.10. The smallest absolute Gasteiger partial charge is 0.410 e. The topological polar surface area (TPSA) is 78.4 Å². The zero-order valence-electron chi connectivity index (χ0n) is 20.8. The van der Waals surface area contributed by atoms with E-state index in [1.807, 2.05) is 74.8 Å². The average Bonchev–Trinajstić information content (AvgIpc) is 3.52. The first-order valence-electron chi connectivity index (χ1n) is 11.9. The van der Waals surface area contributed by atoms with Crippen LogP contribution in [0.1, 0.15) is 39.2 Å². The number of furan rings is 1. The van der Waals surface area contributed by atoms with Crippen molar-refractivity contribution < 1.29 is 23.4 Å². The number of rotatable bonds is 5. The van der Waals surface area contributed by atoms with E-state index >= 15 is 0 Å². The fourth-order valence-electron chi connectivity index (χ4n) is 4.42. The lowest BCUT2D eigenvalue weighted by molar-refractivity contribution is 0.0188. The molecule has 1 aliphatic rings. The van der Waals surface area contributed by atoms with Crippen molar-refractivity contribution >= 4 is 22.7 Å². The van der Waals surface area contributed by atoms with Gasteiger partial charge in [-0.3, -0.25) is 0 Å². The van der Waals surface area contributed by atoms with Crippen LogP contribution in [0.5, 0.6) is 11.5 Å². The van der Waals surface area contributed by atoms with E-state index in [-0.39, 0.29) is 12.1 Å². The number of imidazole rings is 1. The van der Waals surface area contributed by atoms with Crippen LogP contribution in [0, 0.1) is 6.92 Å². The normalized spacial score (nSPS) is 16.3. The highest BCUT2D eigenvalue weighted by molar-refractivity contribution is 5.89. The minimum absolute atomic E-state index is 0.0563. The van der Waals surface area contributed by atoms with Gasteiger partial charge in [0, 0.05) is 31.1 Å². The number of nitrogens with zero attached hydrogens (tertiary/aromatic N) is 3. The van der Waals surface area contributed by atoms with Crippen LogP contribution in [0.15, 0.2) is 47.1 Å². The van der Waals surface area contributed by atoms with Gasteiger partial charge in [0.05, 0.1) is 18.5 Å². The lowest BCUT2D eigenvalue weighted by Gasteiger charge is -2.28. The maximum atomic E-state index is 12.7. The molecule has 1 saturated heterocycles. The highest BCUT2D eigenvalue weighted by Gasteiger charge is 2.32. The number of fused-ring (bicyclic) bond motifs is 2. The first-order chi connectivity index (χ1) is 16.7. The molecule has 1 atom stereocenters. The maximum Gasteiger partial charge on any atom is 0.410 e. The molecule has 1 aliphatic heterocycles. The Balaban J connectivity index is 1.41. The van der Waals surface area contributed by atoms with Gasteiger partial charge in [0.25, 0.3) is 0 Å². The van der Waals surface area contributed by atoms with Crippen molar-refractivity contribution in [2.75, 3.05) is 20.3 Å². The van der Waals surface area contributed by atoms with Crippen molar-refractivity contribution in [2.24, 2.45) is 0 Å². The van der Waals surface area contributed by atoms with E-state index in [1.54, 1.807) is 12.0 Å². The second kappa shape index (κ2) is 8.83. The Morgan fingerprint density at radius 1 is 1.20 bits per heavy atom. The number of benzene rings is 1. The van der Waals surface area contributed by atoms with E-state index in [0.717, 1.165) is 35.1 Å². The third-order valence-electron chi connectivity index (χ3n) is 6.10.